The Bertz CT molecular complexity index is 525. The van der Waals surface area contributed by atoms with Gasteiger partial charge < -0.3 is 14.1 Å². The zero-order valence-corrected chi connectivity index (χ0v) is 10.2. The maximum Gasteiger partial charge on any atom is 0.325 e. The van der Waals surface area contributed by atoms with Crippen LogP contribution >= 0.6 is 0 Å². The maximum absolute atomic E-state index is 11.2. The van der Waals surface area contributed by atoms with Crippen LogP contribution in [0.1, 0.15) is 0 Å². The van der Waals surface area contributed by atoms with Crippen LogP contribution in [0, 0.1) is 0 Å². The van der Waals surface area contributed by atoms with Crippen molar-refractivity contribution in [3.05, 3.63) is 31.0 Å². The summed E-state index contributed by atoms with van der Waals surface area (Å²) in [6.07, 6.45) is 4.63. The van der Waals surface area contributed by atoms with Gasteiger partial charge in [0, 0.05) is 18.7 Å². The van der Waals surface area contributed by atoms with Crippen molar-refractivity contribution in [2.45, 2.75) is 0 Å². The van der Waals surface area contributed by atoms with Gasteiger partial charge in [-0.05, 0) is 6.07 Å². The Balaban J connectivity index is 2.19. The van der Waals surface area contributed by atoms with Gasteiger partial charge in [-0.1, -0.05) is 0 Å². The third-order valence-electron chi connectivity index (χ3n) is 2.45. The lowest BCUT2D eigenvalue weighted by Gasteiger charge is -2.16. The third kappa shape index (κ3) is 2.65. The number of aromatic nitrogens is 2. The number of furan rings is 1. The monoisotopic (exact) mass is 247 g/mol. The van der Waals surface area contributed by atoms with Gasteiger partial charge in [-0.15, -0.1) is 0 Å². The van der Waals surface area contributed by atoms with Crippen molar-refractivity contribution in [2.24, 2.45) is 0 Å². The number of hydrogen-bond acceptors (Lipinski definition) is 6. The van der Waals surface area contributed by atoms with Crippen LogP contribution in [-0.2, 0) is 9.53 Å². The second-order valence-corrected chi connectivity index (χ2v) is 3.71. The van der Waals surface area contributed by atoms with Gasteiger partial charge in [-0.3, -0.25) is 4.79 Å². The van der Waals surface area contributed by atoms with E-state index in [1.807, 2.05) is 6.07 Å². The summed E-state index contributed by atoms with van der Waals surface area (Å²) in [6.45, 7) is 0.137. The highest BCUT2D eigenvalue weighted by atomic mass is 16.5. The fourth-order valence-corrected chi connectivity index (χ4v) is 1.46. The lowest BCUT2D eigenvalue weighted by atomic mass is 10.2. The Morgan fingerprint density at radius 2 is 2.33 bits per heavy atom. The molecule has 0 radical (unpaired) electrons. The summed E-state index contributed by atoms with van der Waals surface area (Å²) in [7, 11) is 3.12. The van der Waals surface area contributed by atoms with Crippen LogP contribution in [0.25, 0.3) is 11.3 Å². The summed E-state index contributed by atoms with van der Waals surface area (Å²) < 4.78 is 9.61. The van der Waals surface area contributed by atoms with E-state index in [9.17, 15) is 4.79 Å². The van der Waals surface area contributed by atoms with Gasteiger partial charge in [0.2, 0.25) is 0 Å². The van der Waals surface area contributed by atoms with Crippen LogP contribution in [0.3, 0.4) is 0 Å². The molecule has 0 aliphatic carbocycles. The summed E-state index contributed by atoms with van der Waals surface area (Å²) in [5.74, 6) is 0.326. The number of likely N-dealkylation sites (N-methyl/N-ethyl adjacent to an activating group) is 1. The molecule has 0 aliphatic heterocycles. The molecule has 2 heterocycles. The van der Waals surface area contributed by atoms with Crippen molar-refractivity contribution >= 4 is 11.8 Å². The summed E-state index contributed by atoms with van der Waals surface area (Å²) in [4.78, 5) is 21.1. The van der Waals surface area contributed by atoms with Crippen molar-refractivity contribution in [2.75, 3.05) is 25.6 Å². The van der Waals surface area contributed by atoms with Gasteiger partial charge in [0.15, 0.2) is 0 Å². The van der Waals surface area contributed by atoms with E-state index in [1.165, 1.54) is 13.4 Å². The van der Waals surface area contributed by atoms with E-state index >= 15 is 0 Å². The summed E-state index contributed by atoms with van der Waals surface area (Å²) in [6, 6.07) is 3.60. The first-order valence-electron chi connectivity index (χ1n) is 5.33. The normalized spacial score (nSPS) is 10.1. The molecule has 0 N–H and O–H groups in total. The number of methoxy groups -OCH3 is 1. The van der Waals surface area contributed by atoms with Gasteiger partial charge in [0.25, 0.3) is 0 Å². The second kappa shape index (κ2) is 5.31. The molecule has 0 amide bonds. The largest absolute Gasteiger partial charge is 0.472 e. The standard InChI is InChI=1S/C12H13N3O3/c1-15(6-12(16)17-2)11-5-10(13-8-14-11)9-3-4-18-7-9/h3-5,7-8H,6H2,1-2H3. The Morgan fingerprint density at radius 1 is 1.50 bits per heavy atom. The predicted molar refractivity (Wildman–Crippen MR) is 65.0 cm³/mol. The zero-order valence-electron chi connectivity index (χ0n) is 10.2. The smallest absolute Gasteiger partial charge is 0.325 e. The molecule has 18 heavy (non-hydrogen) atoms. The molecule has 0 unspecified atom stereocenters. The molecule has 0 bridgehead atoms. The molecule has 94 valence electrons. The average Bonchev–Trinajstić information content (AvgIpc) is 2.92. The fraction of sp³-hybridized carbons (Fsp3) is 0.250. The molecule has 6 nitrogen and oxygen atoms in total. The third-order valence-corrected chi connectivity index (χ3v) is 2.45. The number of esters is 1. The van der Waals surface area contributed by atoms with E-state index in [4.69, 9.17) is 4.42 Å². The van der Waals surface area contributed by atoms with Crippen molar-refractivity contribution < 1.29 is 13.9 Å². The van der Waals surface area contributed by atoms with Crippen LogP contribution in [0.15, 0.2) is 35.4 Å². The highest BCUT2D eigenvalue weighted by Gasteiger charge is 2.10. The van der Waals surface area contributed by atoms with Gasteiger partial charge in [0.1, 0.15) is 18.7 Å². The van der Waals surface area contributed by atoms with Crippen LogP contribution < -0.4 is 4.90 Å². The number of rotatable bonds is 4. The molecular formula is C12H13N3O3. The Labute approximate surface area is 104 Å². The fourth-order valence-electron chi connectivity index (χ4n) is 1.46. The minimum atomic E-state index is -0.319. The second-order valence-electron chi connectivity index (χ2n) is 3.71. The van der Waals surface area contributed by atoms with E-state index in [-0.39, 0.29) is 12.5 Å². The van der Waals surface area contributed by atoms with Crippen molar-refractivity contribution in [3.8, 4) is 11.3 Å². The molecular weight excluding hydrogens is 234 g/mol. The van der Waals surface area contributed by atoms with Crippen molar-refractivity contribution in [3.63, 3.8) is 0 Å². The Kier molecular flexibility index (Phi) is 3.57. The quantitative estimate of drug-likeness (QED) is 0.759. The molecule has 0 spiro atoms. The first kappa shape index (κ1) is 12.1. The molecule has 6 heteroatoms. The van der Waals surface area contributed by atoms with Gasteiger partial charge in [-0.2, -0.15) is 0 Å². The first-order valence-corrected chi connectivity index (χ1v) is 5.33. The molecule has 0 saturated heterocycles. The summed E-state index contributed by atoms with van der Waals surface area (Å²) in [5, 5.41) is 0. The van der Waals surface area contributed by atoms with E-state index < -0.39 is 0 Å². The number of hydrogen-bond donors (Lipinski definition) is 0. The van der Waals surface area contributed by atoms with Gasteiger partial charge in [0.05, 0.1) is 25.3 Å². The average molecular weight is 247 g/mol. The molecule has 2 aromatic rings. The molecule has 0 fully saturated rings. The summed E-state index contributed by atoms with van der Waals surface area (Å²) >= 11 is 0. The Morgan fingerprint density at radius 3 is 3.00 bits per heavy atom. The molecule has 2 aromatic heterocycles. The number of nitrogens with zero attached hydrogens (tertiary/aromatic N) is 3. The minimum absolute atomic E-state index is 0.137. The van der Waals surface area contributed by atoms with E-state index in [0.717, 1.165) is 11.3 Å². The van der Waals surface area contributed by atoms with Crippen LogP contribution in [-0.4, -0.2) is 36.6 Å². The lowest BCUT2D eigenvalue weighted by molar-refractivity contribution is -0.138. The lowest BCUT2D eigenvalue weighted by Crippen LogP contribution is -2.27. The van der Waals surface area contributed by atoms with Crippen LogP contribution in [0.4, 0.5) is 5.82 Å². The van der Waals surface area contributed by atoms with Crippen LogP contribution in [0.5, 0.6) is 0 Å². The zero-order chi connectivity index (χ0) is 13.0. The molecule has 0 saturated carbocycles. The van der Waals surface area contributed by atoms with Gasteiger partial charge >= 0.3 is 5.97 Å². The van der Waals surface area contributed by atoms with Crippen LogP contribution in [0.2, 0.25) is 0 Å². The molecule has 0 atom stereocenters. The van der Waals surface area contributed by atoms with E-state index in [1.54, 1.807) is 30.5 Å². The first-order chi connectivity index (χ1) is 8.70. The topological polar surface area (TPSA) is 68.5 Å². The molecule has 0 aliphatic rings. The minimum Gasteiger partial charge on any atom is -0.472 e. The maximum atomic E-state index is 11.2. The number of carbonyl (C=O) groups is 1. The highest BCUT2D eigenvalue weighted by Crippen LogP contribution is 2.20. The highest BCUT2D eigenvalue weighted by molar-refractivity contribution is 5.75. The number of carbonyl (C=O) groups excluding carboxylic acids is 1. The Hall–Kier alpha value is -2.37. The van der Waals surface area contributed by atoms with E-state index in [0.29, 0.717) is 5.82 Å². The number of ether oxygens (including phenoxy) is 1. The van der Waals surface area contributed by atoms with Crippen molar-refractivity contribution in [1.82, 2.24) is 9.97 Å². The molecule has 0 aromatic carbocycles. The van der Waals surface area contributed by atoms with E-state index in [2.05, 4.69) is 14.7 Å². The predicted octanol–water partition coefficient (Wildman–Crippen LogP) is 1.35. The molecule has 2 rings (SSSR count). The van der Waals surface area contributed by atoms with Crippen molar-refractivity contribution in [1.29, 1.82) is 0 Å². The SMILES string of the molecule is COC(=O)CN(C)c1cc(-c2ccoc2)ncn1. The van der Waals surface area contributed by atoms with Gasteiger partial charge in [-0.25, -0.2) is 9.97 Å². The summed E-state index contributed by atoms with van der Waals surface area (Å²) in [5.41, 5.74) is 1.61. The number of anilines is 1.